The first-order valence-corrected chi connectivity index (χ1v) is 3.35. The normalized spacial score (nSPS) is 10.5. The van der Waals surface area contributed by atoms with Crippen LogP contribution in [0.3, 0.4) is 0 Å². The fraction of sp³-hybridized carbons (Fsp3) is 0.167. The van der Waals surface area contributed by atoms with E-state index in [9.17, 15) is 18.9 Å². The number of pyridine rings is 1. The average molecular weight is 205 g/mol. The molecule has 0 aliphatic rings. The van der Waals surface area contributed by atoms with Crippen molar-refractivity contribution in [3.05, 3.63) is 21.9 Å². The molecule has 1 rings (SSSR count). The van der Waals surface area contributed by atoms with E-state index >= 15 is 0 Å². The molecule has 0 aliphatic heterocycles. The maximum absolute atomic E-state index is 12.3. The smallest absolute Gasteiger partial charge is 0.374 e. The Morgan fingerprint density at radius 3 is 2.64 bits per heavy atom. The largest absolute Gasteiger partial charge is 0.503 e. The Morgan fingerprint density at radius 2 is 2.21 bits per heavy atom. The minimum atomic E-state index is -3.16. The third kappa shape index (κ3) is 1.53. The second-order valence-corrected chi connectivity index (χ2v) is 2.35. The molecule has 0 saturated carbocycles. The highest BCUT2D eigenvalue weighted by Gasteiger charge is 2.28. The summed E-state index contributed by atoms with van der Waals surface area (Å²) < 4.78 is 24.6. The van der Waals surface area contributed by atoms with E-state index in [0.29, 0.717) is 6.20 Å². The average Bonchev–Trinajstić information content (AvgIpc) is 2.08. The van der Waals surface area contributed by atoms with Crippen LogP contribution >= 0.6 is 0 Å². The Kier molecular flexibility index (Phi) is 2.45. The van der Waals surface area contributed by atoms with Crippen molar-refractivity contribution >= 4 is 11.5 Å². The molecule has 1 heterocycles. The van der Waals surface area contributed by atoms with E-state index < -0.39 is 34.2 Å². The maximum atomic E-state index is 12.3. The Morgan fingerprint density at radius 1 is 1.64 bits per heavy atom. The van der Waals surface area contributed by atoms with Gasteiger partial charge in [0.2, 0.25) is 0 Å². The van der Waals surface area contributed by atoms with E-state index in [1.807, 2.05) is 0 Å². The van der Waals surface area contributed by atoms with Gasteiger partial charge in [0.15, 0.2) is 11.9 Å². The van der Waals surface area contributed by atoms with Crippen LogP contribution in [0.2, 0.25) is 0 Å². The van der Waals surface area contributed by atoms with E-state index in [1.165, 1.54) is 0 Å². The molecule has 0 radical (unpaired) electrons. The van der Waals surface area contributed by atoms with Gasteiger partial charge in [0.25, 0.3) is 6.43 Å². The molecule has 8 heteroatoms. The van der Waals surface area contributed by atoms with Gasteiger partial charge in [-0.05, 0) is 9.91 Å². The lowest BCUT2D eigenvalue weighted by molar-refractivity contribution is -0.391. The van der Waals surface area contributed by atoms with Crippen molar-refractivity contribution in [2.24, 2.45) is 0 Å². The number of aromatic hydroxyl groups is 1. The van der Waals surface area contributed by atoms with E-state index in [0.717, 1.165) is 0 Å². The summed E-state index contributed by atoms with van der Waals surface area (Å²) in [7, 11) is 0. The molecule has 0 spiro atoms. The van der Waals surface area contributed by atoms with Crippen LogP contribution in [0, 0.1) is 10.1 Å². The zero-order valence-electron chi connectivity index (χ0n) is 6.65. The number of rotatable bonds is 2. The zero-order valence-corrected chi connectivity index (χ0v) is 6.65. The van der Waals surface area contributed by atoms with E-state index in [2.05, 4.69) is 4.98 Å². The SMILES string of the molecule is Nc1c(O)cnc([N+](=O)[O-])c1C(F)F. The van der Waals surface area contributed by atoms with Gasteiger partial charge < -0.3 is 21.0 Å². The summed E-state index contributed by atoms with van der Waals surface area (Å²) in [5, 5.41) is 19.2. The van der Waals surface area contributed by atoms with E-state index in [4.69, 9.17) is 10.8 Å². The molecule has 0 amide bonds. The van der Waals surface area contributed by atoms with Gasteiger partial charge in [0.05, 0.1) is 5.69 Å². The number of nitrogen functional groups attached to an aromatic ring is 1. The molecule has 1 aromatic heterocycles. The van der Waals surface area contributed by atoms with Gasteiger partial charge in [-0.1, -0.05) is 0 Å². The second kappa shape index (κ2) is 3.40. The lowest BCUT2D eigenvalue weighted by Gasteiger charge is -2.05. The van der Waals surface area contributed by atoms with Crippen molar-refractivity contribution < 1.29 is 18.8 Å². The Hall–Kier alpha value is -1.99. The predicted octanol–water partition coefficient (Wildman–Crippen LogP) is 1.22. The van der Waals surface area contributed by atoms with Gasteiger partial charge in [-0.25, -0.2) is 8.78 Å². The minimum Gasteiger partial charge on any atom is -0.503 e. The van der Waals surface area contributed by atoms with E-state index in [1.54, 1.807) is 0 Å². The molecule has 76 valence electrons. The number of alkyl halides is 2. The third-order valence-electron chi connectivity index (χ3n) is 1.51. The molecule has 0 aliphatic carbocycles. The Bertz CT molecular complexity index is 383. The fourth-order valence-corrected chi connectivity index (χ4v) is 0.880. The van der Waals surface area contributed by atoms with Gasteiger partial charge in [-0.2, -0.15) is 0 Å². The van der Waals surface area contributed by atoms with Gasteiger partial charge >= 0.3 is 5.82 Å². The predicted molar refractivity (Wildman–Crippen MR) is 41.9 cm³/mol. The van der Waals surface area contributed by atoms with Crippen molar-refractivity contribution in [1.82, 2.24) is 4.98 Å². The van der Waals surface area contributed by atoms with Crippen LogP contribution in [-0.2, 0) is 0 Å². The van der Waals surface area contributed by atoms with Gasteiger partial charge in [0, 0.05) is 0 Å². The number of halogens is 2. The van der Waals surface area contributed by atoms with E-state index in [-0.39, 0.29) is 0 Å². The zero-order chi connectivity index (χ0) is 10.9. The van der Waals surface area contributed by atoms with Gasteiger partial charge in [-0.15, -0.1) is 0 Å². The highest BCUT2D eigenvalue weighted by Crippen LogP contribution is 2.36. The van der Waals surface area contributed by atoms with Crippen molar-refractivity contribution in [2.45, 2.75) is 6.43 Å². The lowest BCUT2D eigenvalue weighted by Crippen LogP contribution is -2.03. The monoisotopic (exact) mass is 205 g/mol. The summed E-state index contributed by atoms with van der Waals surface area (Å²) in [5.41, 5.74) is 3.27. The van der Waals surface area contributed by atoms with Crippen LogP contribution in [0.5, 0.6) is 5.75 Å². The lowest BCUT2D eigenvalue weighted by atomic mass is 10.2. The summed E-state index contributed by atoms with van der Waals surface area (Å²) in [4.78, 5) is 12.2. The highest BCUT2D eigenvalue weighted by atomic mass is 19.3. The molecule has 0 atom stereocenters. The molecule has 1 aromatic rings. The standard InChI is InChI=1S/C6H5F2N3O3/c7-5(8)3-4(9)2(12)1-10-6(3)11(13)14/h1,5,12H,(H2,9,10). The van der Waals surface area contributed by atoms with Crippen LogP contribution in [0.15, 0.2) is 6.20 Å². The summed E-state index contributed by atoms with van der Waals surface area (Å²) in [5.74, 6) is -1.75. The maximum Gasteiger partial charge on any atom is 0.374 e. The molecular formula is C6H5F2N3O3. The summed E-state index contributed by atoms with van der Waals surface area (Å²) in [6.45, 7) is 0. The summed E-state index contributed by atoms with van der Waals surface area (Å²) in [6, 6.07) is 0. The van der Waals surface area contributed by atoms with Gasteiger partial charge in [0.1, 0.15) is 5.56 Å². The van der Waals surface area contributed by atoms with Crippen LogP contribution in [-0.4, -0.2) is 15.0 Å². The molecule has 0 bridgehead atoms. The third-order valence-corrected chi connectivity index (χ3v) is 1.51. The van der Waals surface area contributed by atoms with Gasteiger partial charge in [-0.3, -0.25) is 0 Å². The molecule has 0 saturated heterocycles. The van der Waals surface area contributed by atoms with Crippen molar-refractivity contribution in [1.29, 1.82) is 0 Å². The molecule has 14 heavy (non-hydrogen) atoms. The van der Waals surface area contributed by atoms with Crippen molar-refractivity contribution in [2.75, 3.05) is 5.73 Å². The molecule has 3 N–H and O–H groups in total. The second-order valence-electron chi connectivity index (χ2n) is 2.35. The quantitative estimate of drug-likeness (QED) is 0.558. The number of nitrogens with two attached hydrogens (primary N) is 1. The Balaban J connectivity index is 3.45. The van der Waals surface area contributed by atoms with Crippen LogP contribution in [0.4, 0.5) is 20.3 Å². The molecule has 0 unspecified atom stereocenters. The fourth-order valence-electron chi connectivity index (χ4n) is 0.880. The van der Waals surface area contributed by atoms with Crippen LogP contribution in [0.1, 0.15) is 12.0 Å². The topological polar surface area (TPSA) is 102 Å². The number of nitro groups is 1. The Labute approximate surface area is 76.1 Å². The molecular weight excluding hydrogens is 200 g/mol. The number of aromatic nitrogens is 1. The summed E-state index contributed by atoms with van der Waals surface area (Å²) in [6.07, 6.45) is -2.51. The first kappa shape index (κ1) is 10.1. The molecule has 0 aromatic carbocycles. The van der Waals surface area contributed by atoms with Crippen molar-refractivity contribution in [3.63, 3.8) is 0 Å². The molecule has 6 nitrogen and oxygen atoms in total. The van der Waals surface area contributed by atoms with Crippen LogP contribution < -0.4 is 5.73 Å². The van der Waals surface area contributed by atoms with Crippen LogP contribution in [0.25, 0.3) is 0 Å². The number of hydrogen-bond donors (Lipinski definition) is 2. The minimum absolute atomic E-state index is 0.652. The first-order valence-electron chi connectivity index (χ1n) is 3.35. The highest BCUT2D eigenvalue weighted by molar-refractivity contribution is 5.62. The molecule has 0 fully saturated rings. The number of nitrogens with zero attached hydrogens (tertiary/aromatic N) is 2. The first-order chi connectivity index (χ1) is 6.45. The van der Waals surface area contributed by atoms with Crippen molar-refractivity contribution in [3.8, 4) is 5.75 Å². The summed E-state index contributed by atoms with van der Waals surface area (Å²) >= 11 is 0. The number of anilines is 1. The number of hydrogen-bond acceptors (Lipinski definition) is 5.